The van der Waals surface area contributed by atoms with Gasteiger partial charge in [0.05, 0.1) is 22.7 Å². The number of aryl methyl sites for hydroxylation is 3. The first kappa shape index (κ1) is 63.5. The second-order valence-electron chi connectivity index (χ2n) is 28.4. The van der Waals surface area contributed by atoms with Gasteiger partial charge < -0.3 is 28.4 Å². The molecular formula is C98H78N4O2. The van der Waals surface area contributed by atoms with Gasteiger partial charge >= 0.3 is 0 Å². The minimum absolute atomic E-state index is 0.176. The maximum Gasteiger partial charge on any atom is 0.143 e. The molecule has 0 saturated carbocycles. The third kappa shape index (κ3) is 10.8. The number of fused-ring (bicyclic) bond motifs is 14. The monoisotopic (exact) mass is 1340 g/mol. The molecule has 6 heteroatoms. The van der Waals surface area contributed by atoms with Crippen molar-refractivity contribution in [1.29, 1.82) is 0 Å². The molecule has 18 aromatic rings. The summed E-state index contributed by atoms with van der Waals surface area (Å²) >= 11 is 0. The molecule has 0 saturated heterocycles. The molecule has 0 radical (unpaired) electrons. The Morgan fingerprint density at radius 2 is 0.529 bits per heavy atom. The molecule has 0 spiro atoms. The van der Waals surface area contributed by atoms with Crippen LogP contribution in [0.1, 0.15) is 71.6 Å². The van der Waals surface area contributed by atoms with E-state index in [0.717, 1.165) is 162 Å². The van der Waals surface area contributed by atoms with Crippen LogP contribution in [-0.2, 0) is 6.42 Å². The highest BCUT2D eigenvalue weighted by Crippen LogP contribution is 2.53. The summed E-state index contributed by atoms with van der Waals surface area (Å²) in [7, 11) is 0. The topological polar surface area (TPSA) is 39.2 Å². The molecule has 0 N–H and O–H groups in total. The molecule has 0 bridgehead atoms. The first-order valence-corrected chi connectivity index (χ1v) is 36.4. The molecule has 6 nitrogen and oxygen atoms in total. The van der Waals surface area contributed by atoms with E-state index in [-0.39, 0.29) is 5.92 Å². The van der Waals surface area contributed by atoms with Crippen molar-refractivity contribution >= 4 is 155 Å². The molecule has 1 atom stereocenters. The fourth-order valence-corrected chi connectivity index (χ4v) is 16.3. The number of benzene rings is 16. The van der Waals surface area contributed by atoms with E-state index < -0.39 is 0 Å². The highest BCUT2D eigenvalue weighted by atomic mass is 16.3. The Morgan fingerprint density at radius 3 is 0.885 bits per heavy atom. The maximum atomic E-state index is 7.29. The predicted octanol–water partition coefficient (Wildman–Crippen LogP) is 28.7. The Balaban J connectivity index is 0.739. The van der Waals surface area contributed by atoms with E-state index in [1.807, 2.05) is 0 Å². The van der Waals surface area contributed by atoms with Crippen LogP contribution in [0.4, 0.5) is 68.2 Å². The molecule has 0 aliphatic heterocycles. The van der Waals surface area contributed by atoms with Crippen molar-refractivity contribution in [2.45, 2.75) is 66.7 Å². The molecule has 2 aromatic heterocycles. The van der Waals surface area contributed by atoms with Crippen LogP contribution >= 0.6 is 0 Å². The van der Waals surface area contributed by atoms with Gasteiger partial charge in [-0.2, -0.15) is 0 Å². The molecule has 0 amide bonds. The molecular weight excluding hydrogens is 1270 g/mol. The van der Waals surface area contributed by atoms with Crippen LogP contribution in [0.5, 0.6) is 0 Å². The molecule has 502 valence electrons. The van der Waals surface area contributed by atoms with Gasteiger partial charge in [-0.3, -0.25) is 0 Å². The third-order valence-corrected chi connectivity index (χ3v) is 21.7. The Bertz CT molecular complexity index is 6280. The summed E-state index contributed by atoms with van der Waals surface area (Å²) in [5, 5.41) is 12.9. The number of anilines is 12. The predicted molar refractivity (Wildman–Crippen MR) is 441 cm³/mol. The lowest BCUT2D eigenvalue weighted by atomic mass is 9.90. The smallest absolute Gasteiger partial charge is 0.143 e. The maximum absolute atomic E-state index is 7.29. The van der Waals surface area contributed by atoms with Crippen LogP contribution < -0.4 is 19.6 Å². The van der Waals surface area contributed by atoms with E-state index in [4.69, 9.17) is 8.83 Å². The molecule has 104 heavy (non-hydrogen) atoms. The summed E-state index contributed by atoms with van der Waals surface area (Å²) in [5.74, 6) is 0.593. The van der Waals surface area contributed by atoms with E-state index in [2.05, 4.69) is 390 Å². The molecule has 0 fully saturated rings. The molecule has 18 rings (SSSR count). The average Bonchev–Trinajstić information content (AvgIpc) is 1.54. The van der Waals surface area contributed by atoms with Gasteiger partial charge in [-0.05, 0) is 182 Å². The van der Waals surface area contributed by atoms with Crippen molar-refractivity contribution in [2.24, 2.45) is 0 Å². The van der Waals surface area contributed by atoms with Gasteiger partial charge in [-0.1, -0.05) is 245 Å². The van der Waals surface area contributed by atoms with Gasteiger partial charge in [0.2, 0.25) is 0 Å². The first-order valence-electron chi connectivity index (χ1n) is 36.4. The fourth-order valence-electron chi connectivity index (χ4n) is 16.3. The summed E-state index contributed by atoms with van der Waals surface area (Å²) in [6.07, 6.45) is 0.833. The zero-order valence-corrected chi connectivity index (χ0v) is 59.6. The number of nitrogens with zero attached hydrogens (tertiary/aromatic N) is 4. The summed E-state index contributed by atoms with van der Waals surface area (Å²) in [5.41, 5.74) is 25.4. The Morgan fingerprint density at radius 1 is 0.240 bits per heavy atom. The van der Waals surface area contributed by atoms with Crippen molar-refractivity contribution in [3.05, 3.63) is 360 Å². The lowest BCUT2D eigenvalue weighted by molar-refractivity contribution is 0.676. The molecule has 2 heterocycles. The van der Waals surface area contributed by atoms with E-state index in [9.17, 15) is 0 Å². The number of rotatable bonds is 16. The summed E-state index contributed by atoms with van der Waals surface area (Å²) in [6.45, 7) is 15.8. The Labute approximate surface area is 607 Å². The van der Waals surface area contributed by atoms with Crippen LogP contribution in [0.3, 0.4) is 0 Å². The van der Waals surface area contributed by atoms with Crippen molar-refractivity contribution in [2.75, 3.05) is 19.6 Å². The second-order valence-corrected chi connectivity index (χ2v) is 28.4. The zero-order chi connectivity index (χ0) is 70.3. The van der Waals surface area contributed by atoms with Crippen LogP contribution in [0, 0.1) is 27.7 Å². The van der Waals surface area contributed by atoms with Gasteiger partial charge in [0, 0.05) is 110 Å². The van der Waals surface area contributed by atoms with Crippen LogP contribution in [0.2, 0.25) is 0 Å². The van der Waals surface area contributed by atoms with E-state index >= 15 is 0 Å². The van der Waals surface area contributed by atoms with Crippen molar-refractivity contribution in [1.82, 2.24) is 0 Å². The first-order chi connectivity index (χ1) is 51.0. The van der Waals surface area contributed by atoms with E-state index in [1.165, 1.54) is 38.9 Å². The summed E-state index contributed by atoms with van der Waals surface area (Å²) < 4.78 is 14.5. The minimum Gasteiger partial charge on any atom is -0.455 e. The minimum atomic E-state index is 0.176. The fraction of sp³-hybridized carbons (Fsp3) is 0.102. The highest BCUT2D eigenvalue weighted by molar-refractivity contribution is 6.27. The highest BCUT2D eigenvalue weighted by Gasteiger charge is 2.29. The van der Waals surface area contributed by atoms with Crippen LogP contribution in [0.15, 0.2) is 330 Å². The Kier molecular flexibility index (Phi) is 15.9. The van der Waals surface area contributed by atoms with Gasteiger partial charge in [-0.25, -0.2) is 0 Å². The molecule has 0 aliphatic carbocycles. The van der Waals surface area contributed by atoms with Crippen LogP contribution in [0.25, 0.3) is 87.0 Å². The van der Waals surface area contributed by atoms with Gasteiger partial charge in [0.25, 0.3) is 0 Å². The van der Waals surface area contributed by atoms with E-state index in [1.54, 1.807) is 0 Å². The lowest BCUT2D eigenvalue weighted by Crippen LogP contribution is -2.14. The number of hydrogen-bond acceptors (Lipinski definition) is 6. The number of furan rings is 2. The van der Waals surface area contributed by atoms with Crippen molar-refractivity contribution in [3.8, 4) is 0 Å². The SMILES string of the molecule is Cc1ccccc1N(c1ccccc1C)c1cc2c3cc(N(c4ccccc4C)c4cccc(CC(C)c5ccc(N(c6ccccc6)c6cc7c8cc(N(c9ccccc9)c9ccc(C(C)C)cc9)c9ccccc9c8oc7c7ccccc67)cc5)c4C)c4ccccc4c3oc2c2ccccc12. The average molecular weight is 1340 g/mol. The Hall–Kier alpha value is -12.6. The van der Waals surface area contributed by atoms with E-state index in [0.29, 0.717) is 5.92 Å². The van der Waals surface area contributed by atoms with Crippen molar-refractivity contribution in [3.63, 3.8) is 0 Å². The largest absolute Gasteiger partial charge is 0.455 e. The standard InChI is InChI=1S/C98H78N4O2/c1-62(2)68-49-53-73(54-50-68)99(71-33-10-8-11-34-71)91-58-83-84-59-92(76-38-18-22-42-80(76)96(84)103-95(83)79-41-21-17-37-75(79)91)100(72-35-12-9-13-36-72)74-55-51-69(52-56-74)66(6)57-70-32-28-48-90(67(70)7)102(89-47-27-16-31-65(89)5)94-61-86-85-60-93(101(87-45-25-14-29-63(87)3)88-46-26-15-30-64(88)4)77-39-19-23-43-81(77)97(85)104-98(86)82-44-24-20-40-78(82)94/h8-56,58-62,66H,57H2,1-7H3. The molecule has 1 unspecified atom stereocenters. The quantitative estimate of drug-likeness (QED) is 0.0960. The van der Waals surface area contributed by atoms with Gasteiger partial charge in [-0.15, -0.1) is 0 Å². The van der Waals surface area contributed by atoms with Crippen molar-refractivity contribution < 1.29 is 8.83 Å². The molecule has 0 aliphatic rings. The molecule has 16 aromatic carbocycles. The third-order valence-electron chi connectivity index (χ3n) is 21.7. The van der Waals surface area contributed by atoms with Gasteiger partial charge in [0.15, 0.2) is 0 Å². The normalized spacial score (nSPS) is 12.1. The summed E-state index contributed by atoms with van der Waals surface area (Å²) in [4.78, 5) is 9.80. The number of hydrogen-bond donors (Lipinski definition) is 0. The zero-order valence-electron chi connectivity index (χ0n) is 59.6. The lowest BCUT2D eigenvalue weighted by Gasteiger charge is -2.31. The van der Waals surface area contributed by atoms with Crippen LogP contribution in [-0.4, -0.2) is 0 Å². The van der Waals surface area contributed by atoms with Gasteiger partial charge in [0.1, 0.15) is 22.3 Å². The summed E-state index contributed by atoms with van der Waals surface area (Å²) in [6, 6.07) is 118. The second kappa shape index (κ2) is 26.1. The number of para-hydroxylation sites is 5.